The van der Waals surface area contributed by atoms with E-state index in [0.717, 1.165) is 56.2 Å². The molecule has 2 aromatic carbocycles. The van der Waals surface area contributed by atoms with Gasteiger partial charge in [0.15, 0.2) is 31.0 Å². The van der Waals surface area contributed by atoms with E-state index in [-0.39, 0.29) is 40.7 Å². The zero-order valence-corrected chi connectivity index (χ0v) is 41.7. The first-order valence-electron chi connectivity index (χ1n) is 23.5. The lowest BCUT2D eigenvalue weighted by molar-refractivity contribution is -0.138. The standard InChI is InChI=1S/C26H24F3N5O3S.C25H22F3N5O3S/c1-2-38(36,37)21-10-7-19(30-15-21)14-32-25(35)17-12-22-24(31-13-17)34(20-8-9-20)23(33-22)11-16-3-5-18(6-4-16)26(27,28)29;1-37(35,36)20-9-6-18(29-14-20)13-31-24(34)16-11-21-23(30-12-16)33(19-7-8-19)22(32-21)10-15-2-4-17(5-3-15)25(26,27)28/h3-7,10,12-13,15,20H,2,8-9,11,14H2,1H3,(H,32,35);2-6,9,11-12,14,19H,7-8,10,13H2,1H3,(H,31,34). The molecule has 0 radical (unpaired) electrons. The van der Waals surface area contributed by atoms with Gasteiger partial charge in [0.1, 0.15) is 22.7 Å². The van der Waals surface area contributed by atoms with E-state index in [1.54, 1.807) is 25.1 Å². The van der Waals surface area contributed by atoms with E-state index in [1.165, 1.54) is 67.3 Å². The van der Waals surface area contributed by atoms with Gasteiger partial charge in [-0.25, -0.2) is 36.8 Å². The van der Waals surface area contributed by atoms with Gasteiger partial charge in [0, 0.05) is 56.0 Å². The van der Waals surface area contributed by atoms with E-state index in [2.05, 4.69) is 40.5 Å². The highest BCUT2D eigenvalue weighted by molar-refractivity contribution is 7.91. The number of aromatic nitrogens is 8. The van der Waals surface area contributed by atoms with Crippen molar-refractivity contribution in [1.82, 2.24) is 49.7 Å². The number of pyridine rings is 4. The maximum atomic E-state index is 12.9. The van der Waals surface area contributed by atoms with Crippen LogP contribution < -0.4 is 10.6 Å². The summed E-state index contributed by atoms with van der Waals surface area (Å²) in [5, 5.41) is 5.48. The molecule has 2 saturated carbocycles. The normalized spacial score (nSPS) is 14.1. The summed E-state index contributed by atoms with van der Waals surface area (Å²) in [5.74, 6) is 0.546. The van der Waals surface area contributed by atoms with Gasteiger partial charge >= 0.3 is 12.4 Å². The van der Waals surface area contributed by atoms with Gasteiger partial charge in [-0.1, -0.05) is 31.2 Å². The predicted octanol–water partition coefficient (Wildman–Crippen LogP) is 8.60. The molecule has 0 bridgehead atoms. The van der Waals surface area contributed by atoms with E-state index in [1.807, 2.05) is 9.13 Å². The molecule has 0 spiro atoms. The van der Waals surface area contributed by atoms with Crippen molar-refractivity contribution in [2.45, 2.75) is 92.8 Å². The third-order valence-electron chi connectivity index (χ3n) is 12.5. The van der Waals surface area contributed by atoms with Crippen molar-refractivity contribution in [2.75, 3.05) is 12.0 Å². The minimum atomic E-state index is -4.39. The van der Waals surface area contributed by atoms with Gasteiger partial charge in [-0.05, 0) is 97.5 Å². The molecule has 0 atom stereocenters. The average Bonchev–Trinajstić information content (AvgIpc) is 4.33. The highest BCUT2D eigenvalue weighted by Crippen LogP contribution is 2.40. The van der Waals surface area contributed by atoms with Crippen LogP contribution in [0.2, 0.25) is 0 Å². The van der Waals surface area contributed by atoms with Gasteiger partial charge in [-0.15, -0.1) is 0 Å². The number of rotatable bonds is 15. The fourth-order valence-corrected chi connectivity index (χ4v) is 9.51. The number of hydrogen-bond donors (Lipinski definition) is 2. The van der Waals surface area contributed by atoms with E-state index in [9.17, 15) is 52.8 Å². The number of nitrogens with zero attached hydrogens (tertiary/aromatic N) is 8. The summed E-state index contributed by atoms with van der Waals surface area (Å²) in [6, 6.07) is 19.7. The number of nitrogens with one attached hydrogen (secondary N) is 2. The molecule has 0 aliphatic heterocycles. The van der Waals surface area contributed by atoms with Gasteiger partial charge in [0.2, 0.25) is 0 Å². The highest BCUT2D eigenvalue weighted by atomic mass is 32.2. The number of carbonyl (C=O) groups is 2. The average molecular weight is 1070 g/mol. The van der Waals surface area contributed by atoms with Crippen LogP contribution in [-0.4, -0.2) is 79.7 Å². The van der Waals surface area contributed by atoms with E-state index >= 15 is 0 Å². The Morgan fingerprint density at radius 1 is 0.573 bits per heavy atom. The van der Waals surface area contributed by atoms with Crippen LogP contribution in [0.25, 0.3) is 22.3 Å². The molecule has 2 aliphatic carbocycles. The number of imidazole rings is 2. The fraction of sp³-hybridized carbons (Fsp3) is 0.294. The Morgan fingerprint density at radius 2 is 0.973 bits per heavy atom. The molecule has 24 heteroatoms. The molecular formula is C51H46F6N10O6S2. The first-order valence-corrected chi connectivity index (χ1v) is 27.0. The monoisotopic (exact) mass is 1070 g/mol. The van der Waals surface area contributed by atoms with Crippen molar-refractivity contribution < 1.29 is 52.8 Å². The molecule has 16 nitrogen and oxygen atoms in total. The van der Waals surface area contributed by atoms with Crippen LogP contribution in [0, 0.1) is 0 Å². The lowest BCUT2D eigenvalue weighted by Crippen LogP contribution is -2.23. The zero-order valence-electron chi connectivity index (χ0n) is 40.0. The van der Waals surface area contributed by atoms with Crippen LogP contribution in [0.4, 0.5) is 26.3 Å². The summed E-state index contributed by atoms with van der Waals surface area (Å²) in [5.41, 5.74) is 3.86. The topological polar surface area (TPSA) is 214 Å². The molecule has 0 saturated heterocycles. The second-order valence-electron chi connectivity index (χ2n) is 18.1. The summed E-state index contributed by atoms with van der Waals surface area (Å²) in [6.45, 7) is 1.75. The van der Waals surface area contributed by atoms with Gasteiger partial charge in [-0.2, -0.15) is 26.3 Å². The van der Waals surface area contributed by atoms with Crippen molar-refractivity contribution in [3.8, 4) is 0 Å². The summed E-state index contributed by atoms with van der Waals surface area (Å²) >= 11 is 0. The Balaban J connectivity index is 0.000000184. The lowest BCUT2D eigenvalue weighted by Gasteiger charge is -2.09. The Bertz CT molecular complexity index is 3660. The second kappa shape index (κ2) is 20.6. The van der Waals surface area contributed by atoms with Crippen LogP contribution in [0.1, 0.15) is 111 Å². The highest BCUT2D eigenvalue weighted by Gasteiger charge is 2.33. The molecule has 390 valence electrons. The van der Waals surface area contributed by atoms with Crippen molar-refractivity contribution in [3.63, 3.8) is 0 Å². The lowest BCUT2D eigenvalue weighted by atomic mass is 10.1. The Kier molecular flexibility index (Phi) is 14.4. The molecule has 6 aromatic heterocycles. The SMILES string of the molecule is CCS(=O)(=O)c1ccc(CNC(=O)c2cnc3c(c2)nc(Cc2ccc(C(F)(F)F)cc2)n3C2CC2)nc1.CS(=O)(=O)c1ccc(CNC(=O)c2cnc3c(c2)nc(Cc2ccc(C(F)(F)F)cc2)n3C2CC2)nc1. The molecule has 0 unspecified atom stereocenters. The van der Waals surface area contributed by atoms with Crippen LogP contribution in [0.3, 0.4) is 0 Å². The van der Waals surface area contributed by atoms with E-state index < -0.39 is 55.0 Å². The molecule has 2 N–H and O–H groups in total. The summed E-state index contributed by atoms with van der Waals surface area (Å²) in [7, 11) is -6.71. The molecule has 75 heavy (non-hydrogen) atoms. The Morgan fingerprint density at radius 3 is 1.31 bits per heavy atom. The van der Waals surface area contributed by atoms with Crippen molar-refractivity contribution in [3.05, 3.63) is 166 Å². The second-order valence-corrected chi connectivity index (χ2v) is 22.4. The third-order valence-corrected chi connectivity index (χ3v) is 15.3. The molecular weight excluding hydrogens is 1030 g/mol. The van der Waals surface area contributed by atoms with E-state index in [0.29, 0.717) is 80.5 Å². The van der Waals surface area contributed by atoms with Crippen molar-refractivity contribution in [2.24, 2.45) is 0 Å². The Labute approximate surface area is 425 Å². The first-order chi connectivity index (χ1) is 35.5. The molecule has 10 rings (SSSR count). The number of sulfone groups is 2. The van der Waals surface area contributed by atoms with Crippen LogP contribution in [0.15, 0.2) is 120 Å². The summed E-state index contributed by atoms with van der Waals surface area (Å²) in [4.78, 5) is 52.2. The van der Waals surface area contributed by atoms with E-state index in [4.69, 9.17) is 0 Å². The number of carbonyl (C=O) groups excluding carboxylic acids is 2. The molecule has 8 aromatic rings. The largest absolute Gasteiger partial charge is 0.416 e. The zero-order chi connectivity index (χ0) is 53.5. The molecule has 2 fully saturated rings. The smallest absolute Gasteiger partial charge is 0.346 e. The maximum absolute atomic E-state index is 12.9. The molecule has 2 aliphatic rings. The van der Waals surface area contributed by atoms with Crippen LogP contribution in [-0.2, 0) is 58.0 Å². The number of amides is 2. The molecule has 6 heterocycles. The minimum absolute atomic E-state index is 0.0250. The van der Waals surface area contributed by atoms with Gasteiger partial charge in [0.05, 0.1) is 62.3 Å². The van der Waals surface area contributed by atoms with Gasteiger partial charge in [0.25, 0.3) is 11.8 Å². The van der Waals surface area contributed by atoms with Crippen LogP contribution >= 0.6 is 0 Å². The Hall–Kier alpha value is -7.60. The number of halogens is 6. The van der Waals surface area contributed by atoms with Crippen molar-refractivity contribution in [1.29, 1.82) is 0 Å². The van der Waals surface area contributed by atoms with Crippen molar-refractivity contribution >= 4 is 53.8 Å². The quantitative estimate of drug-likeness (QED) is 0.0924. The first kappa shape index (κ1) is 52.3. The number of benzene rings is 2. The number of fused-ring (bicyclic) bond motifs is 2. The number of hydrogen-bond acceptors (Lipinski definition) is 12. The summed E-state index contributed by atoms with van der Waals surface area (Å²) < 4.78 is 128. The maximum Gasteiger partial charge on any atom is 0.416 e. The van der Waals surface area contributed by atoms with Crippen LogP contribution in [0.5, 0.6) is 0 Å². The predicted molar refractivity (Wildman–Crippen MR) is 262 cm³/mol. The fourth-order valence-electron chi connectivity index (χ4n) is 8.12. The van der Waals surface area contributed by atoms with Gasteiger partial charge < -0.3 is 19.8 Å². The minimum Gasteiger partial charge on any atom is -0.346 e. The summed E-state index contributed by atoms with van der Waals surface area (Å²) in [6.07, 6.45) is 2.25. The number of alkyl halides is 6. The van der Waals surface area contributed by atoms with Gasteiger partial charge in [-0.3, -0.25) is 19.6 Å². The molecule has 2 amide bonds. The third kappa shape index (κ3) is 12.3.